The van der Waals surface area contributed by atoms with Crippen molar-refractivity contribution in [2.24, 2.45) is 17.3 Å². The van der Waals surface area contributed by atoms with Gasteiger partial charge in [0.05, 0.1) is 6.10 Å². The summed E-state index contributed by atoms with van der Waals surface area (Å²) in [5, 5.41) is 43.2. The van der Waals surface area contributed by atoms with E-state index in [0.717, 1.165) is 32.1 Å². The normalized spacial score (nSPS) is 32.0. The lowest BCUT2D eigenvalue weighted by Gasteiger charge is -2.50. The highest BCUT2D eigenvalue weighted by atomic mass is 16.4. The van der Waals surface area contributed by atoms with Crippen molar-refractivity contribution in [1.29, 1.82) is 0 Å². The van der Waals surface area contributed by atoms with Crippen molar-refractivity contribution in [3.8, 4) is 5.75 Å². The zero-order valence-electron chi connectivity index (χ0n) is 17.9. The van der Waals surface area contributed by atoms with Crippen LogP contribution in [-0.2, 0) is 16.0 Å². The predicted octanol–water partition coefficient (Wildman–Crippen LogP) is 3.15. The van der Waals surface area contributed by atoms with Gasteiger partial charge < -0.3 is 25.5 Å². The van der Waals surface area contributed by atoms with E-state index in [2.05, 4.69) is 13.0 Å². The third kappa shape index (κ3) is 5.32. The van der Waals surface area contributed by atoms with E-state index in [9.17, 15) is 15.0 Å². The molecule has 0 saturated heterocycles. The van der Waals surface area contributed by atoms with Gasteiger partial charge in [-0.15, -0.1) is 0 Å². The van der Waals surface area contributed by atoms with Crippen LogP contribution >= 0.6 is 0 Å². The largest absolute Gasteiger partial charge is 0.508 e. The van der Waals surface area contributed by atoms with Gasteiger partial charge in [0, 0.05) is 6.92 Å². The quantitative estimate of drug-likeness (QED) is 0.469. The van der Waals surface area contributed by atoms with Gasteiger partial charge in [-0.2, -0.15) is 0 Å². The summed E-state index contributed by atoms with van der Waals surface area (Å²) in [5.41, 5.74) is 2.99. The number of carboxylic acid groups (broad SMARTS) is 2. The van der Waals surface area contributed by atoms with Gasteiger partial charge in [0.15, 0.2) is 0 Å². The molecule has 2 saturated carbocycles. The smallest absolute Gasteiger partial charge is 0.332 e. The third-order valence-electron chi connectivity index (χ3n) is 7.02. The Bertz CT molecular complexity index is 756. The Morgan fingerprint density at radius 3 is 2.30 bits per heavy atom. The average molecular weight is 423 g/mol. The molecule has 0 bridgehead atoms. The lowest BCUT2D eigenvalue weighted by atomic mass is 9.55. The summed E-state index contributed by atoms with van der Waals surface area (Å²) in [4.78, 5) is 18.4. The van der Waals surface area contributed by atoms with Crippen LogP contribution < -0.4 is 0 Å². The molecule has 1 aromatic carbocycles. The van der Waals surface area contributed by atoms with Crippen LogP contribution in [0.2, 0.25) is 0 Å². The predicted molar refractivity (Wildman–Crippen MR) is 111 cm³/mol. The van der Waals surface area contributed by atoms with Crippen molar-refractivity contribution in [2.75, 3.05) is 0 Å². The van der Waals surface area contributed by atoms with E-state index in [1.54, 1.807) is 0 Å². The standard InChI is InChI=1S/C18H24O2.C3H6O3.C2H4O2/c1-18-9-8-14-13-5-3-12(19)10-11(13)2-4-15(14)16(18)6-7-17(18)20;1-2(4)3(5)6;1-2(3)4/h3,5,10,14-17,19-20H,2,4,6-9H2,1H3;2,4H,1H3,(H,5,6);1H3,(H,3,4)/t14-,15-,16+,17+,18+;;/m1../s1. The molecule has 0 spiro atoms. The first-order chi connectivity index (χ1) is 14.0. The molecule has 1 unspecified atom stereocenters. The number of phenolic OH excluding ortho intramolecular Hbond substituents is 1. The molecule has 0 aliphatic heterocycles. The Morgan fingerprint density at radius 1 is 1.13 bits per heavy atom. The lowest BCUT2D eigenvalue weighted by molar-refractivity contribution is -0.145. The number of phenols is 1. The minimum atomic E-state index is -1.23. The molecular formula is C23H34O7. The van der Waals surface area contributed by atoms with E-state index in [-0.39, 0.29) is 11.5 Å². The molecule has 4 rings (SSSR count). The Balaban J connectivity index is 0.000000271. The highest BCUT2D eigenvalue weighted by molar-refractivity contribution is 5.71. The summed E-state index contributed by atoms with van der Waals surface area (Å²) in [5.74, 6) is 0.470. The molecule has 6 atom stereocenters. The number of aliphatic hydroxyl groups is 2. The number of aliphatic carboxylic acids is 2. The summed E-state index contributed by atoms with van der Waals surface area (Å²) < 4.78 is 0. The molecule has 0 aromatic heterocycles. The summed E-state index contributed by atoms with van der Waals surface area (Å²) in [6.07, 6.45) is 5.55. The van der Waals surface area contributed by atoms with E-state index < -0.39 is 18.0 Å². The molecule has 0 amide bonds. The number of benzene rings is 1. The number of hydrogen-bond donors (Lipinski definition) is 5. The highest BCUT2D eigenvalue weighted by Crippen LogP contribution is 2.60. The van der Waals surface area contributed by atoms with Crippen LogP contribution in [0, 0.1) is 17.3 Å². The molecule has 0 heterocycles. The maximum absolute atomic E-state index is 10.4. The van der Waals surface area contributed by atoms with Gasteiger partial charge in [0.2, 0.25) is 0 Å². The molecule has 7 heteroatoms. The topological polar surface area (TPSA) is 135 Å². The summed E-state index contributed by atoms with van der Waals surface area (Å²) in [6.45, 7) is 4.60. The number of hydrogen-bond acceptors (Lipinski definition) is 5. The van der Waals surface area contributed by atoms with Gasteiger partial charge >= 0.3 is 5.97 Å². The van der Waals surface area contributed by atoms with Gasteiger partial charge in [-0.3, -0.25) is 4.79 Å². The first-order valence-electron chi connectivity index (χ1n) is 10.6. The number of carbonyl (C=O) groups is 2. The molecule has 5 N–H and O–H groups in total. The number of aromatic hydroxyl groups is 1. The van der Waals surface area contributed by atoms with Crippen LogP contribution in [0.15, 0.2) is 18.2 Å². The molecule has 7 nitrogen and oxygen atoms in total. The number of fused-ring (bicyclic) bond motifs is 5. The number of rotatable bonds is 1. The first-order valence-corrected chi connectivity index (χ1v) is 10.6. The van der Waals surface area contributed by atoms with Crippen LogP contribution in [0.3, 0.4) is 0 Å². The monoisotopic (exact) mass is 422 g/mol. The fourth-order valence-corrected chi connectivity index (χ4v) is 5.54. The molecule has 168 valence electrons. The minimum absolute atomic E-state index is 0.0883. The van der Waals surface area contributed by atoms with Crippen molar-refractivity contribution >= 4 is 11.9 Å². The summed E-state index contributed by atoms with van der Waals surface area (Å²) in [6, 6.07) is 5.96. The third-order valence-corrected chi connectivity index (χ3v) is 7.02. The van der Waals surface area contributed by atoms with Gasteiger partial charge in [0.25, 0.3) is 5.97 Å². The van der Waals surface area contributed by atoms with Crippen molar-refractivity contribution in [2.45, 2.75) is 77.4 Å². The van der Waals surface area contributed by atoms with Gasteiger partial charge in [-0.05, 0) is 91.9 Å². The fourth-order valence-electron chi connectivity index (χ4n) is 5.54. The second kappa shape index (κ2) is 9.79. The van der Waals surface area contributed by atoms with Crippen LogP contribution in [-0.4, -0.2) is 49.7 Å². The molecule has 3 aliphatic carbocycles. The van der Waals surface area contributed by atoms with Crippen LogP contribution in [0.5, 0.6) is 5.75 Å². The van der Waals surface area contributed by atoms with Crippen molar-refractivity contribution in [1.82, 2.24) is 0 Å². The molecule has 2 fully saturated rings. The highest BCUT2D eigenvalue weighted by Gasteiger charge is 2.54. The van der Waals surface area contributed by atoms with E-state index in [1.165, 1.54) is 37.3 Å². The molecule has 0 radical (unpaired) electrons. The van der Waals surface area contributed by atoms with E-state index in [4.69, 9.17) is 20.1 Å². The number of aryl methyl sites for hydroxylation is 1. The molecule has 30 heavy (non-hydrogen) atoms. The number of aliphatic hydroxyl groups excluding tert-OH is 2. The molecular weight excluding hydrogens is 388 g/mol. The molecule has 3 aliphatic rings. The average Bonchev–Trinajstić information content (AvgIpc) is 2.96. The van der Waals surface area contributed by atoms with Crippen molar-refractivity contribution in [3.63, 3.8) is 0 Å². The minimum Gasteiger partial charge on any atom is -0.508 e. The molecule has 1 aromatic rings. The van der Waals surface area contributed by atoms with Gasteiger partial charge in [-0.25, -0.2) is 4.79 Å². The number of carboxylic acids is 2. The zero-order valence-corrected chi connectivity index (χ0v) is 17.9. The Morgan fingerprint density at radius 2 is 1.73 bits per heavy atom. The summed E-state index contributed by atoms with van der Waals surface area (Å²) >= 11 is 0. The second-order valence-corrected chi connectivity index (χ2v) is 8.97. The SMILES string of the molecule is CC(=O)O.CC(O)C(=O)O.C[C@]12CC[C@@H]3c4ccc(O)cc4CC[C@H]3[C@@H]1CC[C@@H]2O. The second-order valence-electron chi connectivity index (χ2n) is 8.97. The van der Waals surface area contributed by atoms with Crippen LogP contribution in [0.1, 0.15) is 69.9 Å². The van der Waals surface area contributed by atoms with Crippen molar-refractivity contribution in [3.05, 3.63) is 29.3 Å². The van der Waals surface area contributed by atoms with Crippen molar-refractivity contribution < 1.29 is 35.1 Å². The maximum atomic E-state index is 10.4. The maximum Gasteiger partial charge on any atom is 0.332 e. The van der Waals surface area contributed by atoms with Gasteiger partial charge in [-0.1, -0.05) is 13.0 Å². The Labute approximate surface area is 177 Å². The Kier molecular flexibility index (Phi) is 7.88. The first kappa shape index (κ1) is 24.2. The van der Waals surface area contributed by atoms with E-state index >= 15 is 0 Å². The van der Waals surface area contributed by atoms with Crippen LogP contribution in [0.4, 0.5) is 0 Å². The van der Waals surface area contributed by atoms with Gasteiger partial charge in [0.1, 0.15) is 11.9 Å². The van der Waals surface area contributed by atoms with E-state index in [1.807, 2.05) is 12.1 Å². The Hall–Kier alpha value is -2.12. The summed E-state index contributed by atoms with van der Waals surface area (Å²) in [7, 11) is 0. The van der Waals surface area contributed by atoms with Crippen LogP contribution in [0.25, 0.3) is 0 Å². The van der Waals surface area contributed by atoms with E-state index in [0.29, 0.717) is 17.6 Å². The fraction of sp³-hybridized carbons (Fsp3) is 0.652. The zero-order chi connectivity index (χ0) is 22.6. The lowest BCUT2D eigenvalue weighted by Crippen LogP contribution is -2.43.